The summed E-state index contributed by atoms with van der Waals surface area (Å²) in [6.45, 7) is 4.08. The molecule has 6 nitrogen and oxygen atoms in total. The van der Waals surface area contributed by atoms with Crippen LogP contribution in [0, 0.1) is 11.7 Å². The number of nitrogens with one attached hydrogen (secondary N) is 2. The van der Waals surface area contributed by atoms with Gasteiger partial charge in [-0.25, -0.2) is 4.39 Å². The number of amides is 2. The van der Waals surface area contributed by atoms with E-state index in [1.165, 1.54) is 18.2 Å². The SMILES string of the molecule is CC(C)C(NC(=O)c1ccccc1F)C(=O)NCc1ccc2c(c1)OCO2. The Morgan fingerprint density at radius 3 is 2.59 bits per heavy atom. The zero-order valence-corrected chi connectivity index (χ0v) is 15.1. The van der Waals surface area contributed by atoms with Crippen molar-refractivity contribution in [1.82, 2.24) is 10.6 Å². The number of rotatable bonds is 6. The van der Waals surface area contributed by atoms with Crippen LogP contribution in [0.1, 0.15) is 29.8 Å². The fourth-order valence-electron chi connectivity index (χ4n) is 2.75. The van der Waals surface area contributed by atoms with Crippen molar-refractivity contribution in [2.75, 3.05) is 6.79 Å². The van der Waals surface area contributed by atoms with E-state index in [-0.39, 0.29) is 30.7 Å². The predicted octanol–water partition coefficient (Wildman–Crippen LogP) is 2.63. The quantitative estimate of drug-likeness (QED) is 0.817. The highest BCUT2D eigenvalue weighted by atomic mass is 19.1. The monoisotopic (exact) mass is 372 g/mol. The van der Waals surface area contributed by atoms with E-state index in [4.69, 9.17) is 9.47 Å². The van der Waals surface area contributed by atoms with Gasteiger partial charge in [0.2, 0.25) is 12.7 Å². The summed E-state index contributed by atoms with van der Waals surface area (Å²) in [6, 6.07) is 10.3. The third-order valence-electron chi connectivity index (χ3n) is 4.26. The Labute approximate surface area is 156 Å². The largest absolute Gasteiger partial charge is 0.454 e. The Morgan fingerprint density at radius 2 is 1.85 bits per heavy atom. The molecule has 0 fully saturated rings. The fraction of sp³-hybridized carbons (Fsp3) is 0.300. The Bertz CT molecular complexity index is 854. The number of hydrogen-bond acceptors (Lipinski definition) is 4. The summed E-state index contributed by atoms with van der Waals surface area (Å²) in [5, 5.41) is 5.41. The van der Waals surface area contributed by atoms with Gasteiger partial charge in [0.05, 0.1) is 5.56 Å². The minimum absolute atomic E-state index is 0.0910. The van der Waals surface area contributed by atoms with Crippen LogP contribution in [0.25, 0.3) is 0 Å². The summed E-state index contributed by atoms with van der Waals surface area (Å²) >= 11 is 0. The van der Waals surface area contributed by atoms with E-state index in [0.29, 0.717) is 11.5 Å². The second kappa shape index (κ2) is 8.07. The molecule has 0 saturated carbocycles. The zero-order chi connectivity index (χ0) is 19.4. The van der Waals surface area contributed by atoms with Gasteiger partial charge in [-0.2, -0.15) is 0 Å². The van der Waals surface area contributed by atoms with Gasteiger partial charge in [0.1, 0.15) is 11.9 Å². The number of benzene rings is 2. The lowest BCUT2D eigenvalue weighted by molar-refractivity contribution is -0.124. The summed E-state index contributed by atoms with van der Waals surface area (Å²) in [5.74, 6) is -0.453. The van der Waals surface area contributed by atoms with E-state index in [1.54, 1.807) is 18.2 Å². The van der Waals surface area contributed by atoms with Gasteiger partial charge in [-0.3, -0.25) is 9.59 Å². The van der Waals surface area contributed by atoms with Gasteiger partial charge in [-0.15, -0.1) is 0 Å². The topological polar surface area (TPSA) is 76.7 Å². The van der Waals surface area contributed by atoms with Gasteiger partial charge < -0.3 is 20.1 Å². The van der Waals surface area contributed by atoms with Crippen LogP contribution >= 0.6 is 0 Å². The van der Waals surface area contributed by atoms with Crippen molar-refractivity contribution in [2.45, 2.75) is 26.4 Å². The maximum atomic E-state index is 13.8. The van der Waals surface area contributed by atoms with E-state index in [9.17, 15) is 14.0 Å². The molecule has 1 atom stereocenters. The van der Waals surface area contributed by atoms with Crippen LogP contribution in [0.5, 0.6) is 11.5 Å². The molecule has 0 bridgehead atoms. The Kier molecular flexibility index (Phi) is 5.59. The molecule has 0 aromatic heterocycles. The fourth-order valence-corrected chi connectivity index (χ4v) is 2.75. The lowest BCUT2D eigenvalue weighted by Gasteiger charge is -2.22. The number of halogens is 1. The molecule has 0 saturated heterocycles. The lowest BCUT2D eigenvalue weighted by Crippen LogP contribution is -2.49. The molecule has 7 heteroatoms. The van der Waals surface area contributed by atoms with Crippen LogP contribution in [0.2, 0.25) is 0 Å². The Balaban J connectivity index is 1.63. The molecule has 3 rings (SSSR count). The van der Waals surface area contributed by atoms with Crippen LogP contribution in [0.4, 0.5) is 4.39 Å². The van der Waals surface area contributed by atoms with E-state index in [0.717, 1.165) is 5.56 Å². The van der Waals surface area contributed by atoms with Gasteiger partial charge in [-0.1, -0.05) is 32.0 Å². The van der Waals surface area contributed by atoms with Gasteiger partial charge in [-0.05, 0) is 35.7 Å². The Morgan fingerprint density at radius 1 is 1.11 bits per heavy atom. The lowest BCUT2D eigenvalue weighted by atomic mass is 10.0. The van der Waals surface area contributed by atoms with E-state index in [1.807, 2.05) is 19.9 Å². The number of ether oxygens (including phenoxy) is 2. The molecule has 142 valence electrons. The van der Waals surface area contributed by atoms with Crippen molar-refractivity contribution in [3.63, 3.8) is 0 Å². The molecule has 2 N–H and O–H groups in total. The molecular formula is C20H21FN2O4. The van der Waals surface area contributed by atoms with Gasteiger partial charge in [0, 0.05) is 6.54 Å². The van der Waals surface area contributed by atoms with Crippen molar-refractivity contribution in [3.05, 3.63) is 59.4 Å². The molecule has 27 heavy (non-hydrogen) atoms. The van der Waals surface area contributed by atoms with Crippen molar-refractivity contribution < 1.29 is 23.5 Å². The second-order valence-corrected chi connectivity index (χ2v) is 6.58. The molecule has 2 aromatic rings. The predicted molar refractivity (Wildman–Crippen MR) is 96.9 cm³/mol. The number of carbonyl (C=O) groups is 2. The van der Waals surface area contributed by atoms with Crippen LogP contribution in [-0.2, 0) is 11.3 Å². The molecule has 0 spiro atoms. The summed E-state index contributed by atoms with van der Waals surface area (Å²) in [5.41, 5.74) is 0.752. The zero-order valence-electron chi connectivity index (χ0n) is 15.1. The first-order chi connectivity index (χ1) is 13.0. The summed E-state index contributed by atoms with van der Waals surface area (Å²) in [6.07, 6.45) is 0. The molecule has 1 aliphatic heterocycles. The molecular weight excluding hydrogens is 351 g/mol. The van der Waals surface area contributed by atoms with Gasteiger partial charge >= 0.3 is 0 Å². The van der Waals surface area contributed by atoms with Crippen LogP contribution in [0.15, 0.2) is 42.5 Å². The summed E-state index contributed by atoms with van der Waals surface area (Å²) in [4.78, 5) is 24.9. The molecule has 0 radical (unpaired) electrons. The number of hydrogen-bond donors (Lipinski definition) is 2. The smallest absolute Gasteiger partial charge is 0.254 e. The van der Waals surface area contributed by atoms with Crippen molar-refractivity contribution in [2.24, 2.45) is 5.92 Å². The normalized spacial score (nSPS) is 13.3. The maximum absolute atomic E-state index is 13.8. The van der Waals surface area contributed by atoms with Gasteiger partial charge in [0.25, 0.3) is 5.91 Å². The maximum Gasteiger partial charge on any atom is 0.254 e. The standard InChI is InChI=1S/C20H21FN2O4/c1-12(2)18(23-19(24)14-5-3-4-6-15(14)21)20(25)22-10-13-7-8-16-17(9-13)27-11-26-16/h3-9,12,18H,10-11H2,1-2H3,(H,22,25)(H,23,24). The van der Waals surface area contributed by atoms with Crippen molar-refractivity contribution in [3.8, 4) is 11.5 Å². The van der Waals surface area contributed by atoms with Crippen LogP contribution in [-0.4, -0.2) is 24.6 Å². The third-order valence-corrected chi connectivity index (χ3v) is 4.26. The van der Waals surface area contributed by atoms with E-state index >= 15 is 0 Å². The molecule has 2 aromatic carbocycles. The molecule has 0 aliphatic carbocycles. The minimum atomic E-state index is -0.786. The Hall–Kier alpha value is -3.09. The van der Waals surface area contributed by atoms with Crippen LogP contribution in [0.3, 0.4) is 0 Å². The van der Waals surface area contributed by atoms with Crippen molar-refractivity contribution >= 4 is 11.8 Å². The second-order valence-electron chi connectivity index (χ2n) is 6.58. The third kappa shape index (κ3) is 4.36. The van der Waals surface area contributed by atoms with Gasteiger partial charge in [0.15, 0.2) is 11.5 Å². The first kappa shape index (κ1) is 18.7. The molecule has 1 unspecified atom stereocenters. The summed E-state index contributed by atoms with van der Waals surface area (Å²) < 4.78 is 24.4. The summed E-state index contributed by atoms with van der Waals surface area (Å²) in [7, 11) is 0. The molecule has 2 amide bonds. The first-order valence-corrected chi connectivity index (χ1v) is 8.67. The highest BCUT2D eigenvalue weighted by Gasteiger charge is 2.25. The highest BCUT2D eigenvalue weighted by Crippen LogP contribution is 2.32. The number of fused-ring (bicyclic) bond motifs is 1. The molecule has 1 heterocycles. The molecule has 1 aliphatic rings. The highest BCUT2D eigenvalue weighted by molar-refractivity contribution is 5.97. The average molecular weight is 372 g/mol. The van der Waals surface area contributed by atoms with E-state index in [2.05, 4.69) is 10.6 Å². The average Bonchev–Trinajstić information content (AvgIpc) is 3.12. The van der Waals surface area contributed by atoms with E-state index < -0.39 is 17.8 Å². The van der Waals surface area contributed by atoms with Crippen molar-refractivity contribution in [1.29, 1.82) is 0 Å². The minimum Gasteiger partial charge on any atom is -0.454 e. The van der Waals surface area contributed by atoms with Crippen LogP contribution < -0.4 is 20.1 Å². The first-order valence-electron chi connectivity index (χ1n) is 8.67. The number of carbonyl (C=O) groups excluding carboxylic acids is 2.